The quantitative estimate of drug-likeness (QED) is 0.667. The van der Waals surface area contributed by atoms with Gasteiger partial charge in [-0.25, -0.2) is 4.39 Å². The summed E-state index contributed by atoms with van der Waals surface area (Å²) in [5.41, 5.74) is 2.30. The zero-order valence-electron chi connectivity index (χ0n) is 14.8. The van der Waals surface area contributed by atoms with Crippen molar-refractivity contribution < 1.29 is 8.82 Å². The number of rotatable bonds is 4. The Balaban J connectivity index is 2.09. The van der Waals surface area contributed by atoms with E-state index in [0.717, 1.165) is 17.1 Å². The number of benzene rings is 2. The van der Waals surface area contributed by atoms with E-state index in [1.165, 1.54) is 6.07 Å². The van der Waals surface area contributed by atoms with Crippen LogP contribution in [0.2, 0.25) is 18.1 Å². The number of nitrogens with one attached hydrogen (secondary N) is 1. The van der Waals surface area contributed by atoms with Gasteiger partial charge in [0, 0.05) is 11.4 Å². The minimum Gasteiger partial charge on any atom is -0.544 e. The third-order valence-corrected chi connectivity index (χ3v) is 8.85. The lowest BCUT2D eigenvalue weighted by Gasteiger charge is -2.36. The van der Waals surface area contributed by atoms with Gasteiger partial charge in [0.05, 0.1) is 0 Å². The van der Waals surface area contributed by atoms with Crippen molar-refractivity contribution in [1.29, 1.82) is 0 Å². The summed E-state index contributed by atoms with van der Waals surface area (Å²) < 4.78 is 19.8. The van der Waals surface area contributed by atoms with Crippen molar-refractivity contribution in [2.75, 3.05) is 5.32 Å². The summed E-state index contributed by atoms with van der Waals surface area (Å²) in [7, 11) is -1.82. The Labute approximate surface area is 139 Å². The van der Waals surface area contributed by atoms with Crippen LogP contribution in [-0.2, 0) is 0 Å². The van der Waals surface area contributed by atoms with E-state index >= 15 is 0 Å². The van der Waals surface area contributed by atoms with E-state index < -0.39 is 8.32 Å². The largest absolute Gasteiger partial charge is 0.544 e. The monoisotopic (exact) mass is 331 g/mol. The van der Waals surface area contributed by atoms with Gasteiger partial charge in [-0.2, -0.15) is 0 Å². The maximum atomic E-state index is 13.6. The first kappa shape index (κ1) is 17.5. The lowest BCUT2D eigenvalue weighted by molar-refractivity contribution is 0.492. The Morgan fingerprint density at radius 2 is 1.52 bits per heavy atom. The van der Waals surface area contributed by atoms with E-state index in [1.807, 2.05) is 30.3 Å². The molecule has 0 spiro atoms. The molecular formula is C19H26FNOSi. The predicted molar refractivity (Wildman–Crippen MR) is 98.7 cm³/mol. The van der Waals surface area contributed by atoms with Gasteiger partial charge in [0.25, 0.3) is 0 Å². The molecule has 2 aromatic rings. The summed E-state index contributed by atoms with van der Waals surface area (Å²) in [6.07, 6.45) is 0. The van der Waals surface area contributed by atoms with Gasteiger partial charge < -0.3 is 9.74 Å². The van der Waals surface area contributed by atoms with Crippen LogP contribution >= 0.6 is 0 Å². The summed E-state index contributed by atoms with van der Waals surface area (Å²) in [5.74, 6) is 0.685. The summed E-state index contributed by atoms with van der Waals surface area (Å²) >= 11 is 0. The van der Waals surface area contributed by atoms with Gasteiger partial charge in [-0.15, -0.1) is 0 Å². The highest BCUT2D eigenvalue weighted by atomic mass is 28.4. The number of hydrogen-bond donors (Lipinski definition) is 1. The summed E-state index contributed by atoms with van der Waals surface area (Å²) in [6.45, 7) is 12.9. The van der Waals surface area contributed by atoms with Crippen molar-refractivity contribution in [3.63, 3.8) is 0 Å². The Kier molecular flexibility index (Phi) is 4.85. The molecule has 0 aliphatic rings. The highest BCUT2D eigenvalue weighted by Gasteiger charge is 2.38. The van der Waals surface area contributed by atoms with Gasteiger partial charge in [-0.3, -0.25) is 0 Å². The van der Waals surface area contributed by atoms with Crippen molar-refractivity contribution in [3.8, 4) is 5.75 Å². The lowest BCUT2D eigenvalue weighted by Crippen LogP contribution is -2.43. The fourth-order valence-corrected chi connectivity index (χ4v) is 2.92. The molecular weight excluding hydrogens is 305 g/mol. The van der Waals surface area contributed by atoms with E-state index in [-0.39, 0.29) is 10.9 Å². The molecule has 0 fully saturated rings. The van der Waals surface area contributed by atoms with Crippen LogP contribution < -0.4 is 9.74 Å². The maximum absolute atomic E-state index is 13.6. The molecule has 0 bridgehead atoms. The Hall–Kier alpha value is -1.81. The zero-order chi connectivity index (χ0) is 17.3. The van der Waals surface area contributed by atoms with Crippen molar-refractivity contribution in [2.24, 2.45) is 0 Å². The molecule has 0 saturated carbocycles. The first-order valence-electron chi connectivity index (χ1n) is 7.91. The van der Waals surface area contributed by atoms with Crippen molar-refractivity contribution in [3.05, 3.63) is 53.8 Å². The van der Waals surface area contributed by atoms with E-state index in [0.29, 0.717) is 5.56 Å². The molecule has 4 heteroatoms. The van der Waals surface area contributed by atoms with Crippen LogP contribution in [-0.4, -0.2) is 8.32 Å². The van der Waals surface area contributed by atoms with Crippen molar-refractivity contribution >= 4 is 19.7 Å². The van der Waals surface area contributed by atoms with Gasteiger partial charge >= 0.3 is 0 Å². The second kappa shape index (κ2) is 6.36. The molecule has 2 aromatic carbocycles. The predicted octanol–water partition coefficient (Wildman–Crippen LogP) is 6.26. The molecule has 23 heavy (non-hydrogen) atoms. The molecule has 2 nitrogen and oxygen atoms in total. The lowest BCUT2D eigenvalue weighted by atomic mass is 10.2. The average Bonchev–Trinajstić information content (AvgIpc) is 2.43. The van der Waals surface area contributed by atoms with E-state index in [1.54, 1.807) is 13.0 Å². The fraction of sp³-hybridized carbons (Fsp3) is 0.368. The second-order valence-corrected chi connectivity index (χ2v) is 12.2. The molecule has 124 valence electrons. The Morgan fingerprint density at radius 1 is 0.957 bits per heavy atom. The highest BCUT2D eigenvalue weighted by Crippen LogP contribution is 2.37. The smallest absolute Gasteiger partial charge is 0.250 e. The van der Waals surface area contributed by atoms with Crippen LogP contribution in [0.15, 0.2) is 42.5 Å². The number of anilines is 2. The highest BCUT2D eigenvalue weighted by molar-refractivity contribution is 6.74. The van der Waals surface area contributed by atoms with Gasteiger partial charge in [0.2, 0.25) is 8.32 Å². The normalized spacial score (nSPS) is 12.1. The average molecular weight is 332 g/mol. The first-order valence-corrected chi connectivity index (χ1v) is 10.8. The van der Waals surface area contributed by atoms with Crippen LogP contribution in [0, 0.1) is 12.7 Å². The molecule has 1 N–H and O–H groups in total. The molecule has 0 aliphatic heterocycles. The SMILES string of the molecule is Cc1ccc(Nc2ccc(O[Si](C)(C)C(C)(C)C)cc2)cc1F. The van der Waals surface area contributed by atoms with E-state index in [2.05, 4.69) is 39.2 Å². The first-order chi connectivity index (χ1) is 10.6. The molecule has 0 unspecified atom stereocenters. The topological polar surface area (TPSA) is 21.3 Å². The summed E-state index contributed by atoms with van der Waals surface area (Å²) in [5, 5.41) is 3.38. The standard InChI is InChI=1S/C19H26FNOSi/c1-14-7-8-16(13-18(14)20)21-15-9-11-17(12-10-15)22-23(5,6)19(2,3)4/h7-13,21H,1-6H3. The molecule has 0 aromatic heterocycles. The van der Waals surface area contributed by atoms with Crippen LogP contribution in [0.3, 0.4) is 0 Å². The Morgan fingerprint density at radius 3 is 2.04 bits per heavy atom. The molecule has 2 rings (SSSR count). The molecule has 0 atom stereocenters. The van der Waals surface area contributed by atoms with Gasteiger partial charge in [-0.1, -0.05) is 26.8 Å². The van der Waals surface area contributed by atoms with Gasteiger partial charge in [-0.05, 0) is 67.0 Å². The number of aryl methyl sites for hydroxylation is 1. The van der Waals surface area contributed by atoms with Crippen molar-refractivity contribution in [1.82, 2.24) is 0 Å². The minimum atomic E-state index is -1.82. The van der Waals surface area contributed by atoms with E-state index in [4.69, 9.17) is 4.43 Å². The van der Waals surface area contributed by atoms with Crippen molar-refractivity contribution in [2.45, 2.75) is 45.8 Å². The third-order valence-electron chi connectivity index (χ3n) is 4.49. The maximum Gasteiger partial charge on any atom is 0.250 e. The zero-order valence-corrected chi connectivity index (χ0v) is 15.8. The fourth-order valence-electron chi connectivity index (χ4n) is 1.89. The van der Waals surface area contributed by atoms with E-state index in [9.17, 15) is 4.39 Å². The summed E-state index contributed by atoms with van der Waals surface area (Å²) in [4.78, 5) is 0. The molecule has 0 saturated heterocycles. The molecule has 0 radical (unpaired) electrons. The third kappa shape index (κ3) is 4.35. The molecule has 0 amide bonds. The van der Waals surface area contributed by atoms with Crippen LogP contribution in [0.5, 0.6) is 5.75 Å². The van der Waals surface area contributed by atoms with Crippen LogP contribution in [0.4, 0.5) is 15.8 Å². The number of hydrogen-bond acceptors (Lipinski definition) is 2. The molecule has 0 heterocycles. The van der Waals surface area contributed by atoms with Gasteiger partial charge in [0.15, 0.2) is 0 Å². The second-order valence-electron chi connectivity index (χ2n) is 7.48. The van der Waals surface area contributed by atoms with Crippen LogP contribution in [0.1, 0.15) is 26.3 Å². The van der Waals surface area contributed by atoms with Gasteiger partial charge in [0.1, 0.15) is 11.6 Å². The Bertz CT molecular complexity index is 675. The minimum absolute atomic E-state index is 0.170. The molecule has 0 aliphatic carbocycles. The van der Waals surface area contributed by atoms with Crippen LogP contribution in [0.25, 0.3) is 0 Å². The summed E-state index contributed by atoms with van der Waals surface area (Å²) in [6, 6.07) is 13.0. The number of halogens is 1.